The first-order chi connectivity index (χ1) is 12.6. The Morgan fingerprint density at radius 1 is 1.12 bits per heavy atom. The number of amides is 2. The second-order valence-corrected chi connectivity index (χ2v) is 6.69. The van der Waals surface area contributed by atoms with Gasteiger partial charge in [-0.05, 0) is 36.6 Å². The van der Waals surface area contributed by atoms with E-state index in [1.165, 1.54) is 0 Å². The number of hydrogen-bond acceptors (Lipinski definition) is 3. The van der Waals surface area contributed by atoms with Gasteiger partial charge in [-0.3, -0.25) is 9.59 Å². The lowest BCUT2D eigenvalue weighted by Crippen LogP contribution is -2.45. The van der Waals surface area contributed by atoms with Gasteiger partial charge in [-0.25, -0.2) is 0 Å². The third kappa shape index (κ3) is 4.04. The highest BCUT2D eigenvalue weighted by Gasteiger charge is 2.35. The first kappa shape index (κ1) is 18.0. The third-order valence-corrected chi connectivity index (χ3v) is 4.57. The van der Waals surface area contributed by atoms with E-state index in [1.54, 1.807) is 36.0 Å². The number of likely N-dealkylation sites (tertiary alicyclic amines) is 1. The molecular weight excluding hydrogens is 328 g/mol. The van der Waals surface area contributed by atoms with Crippen LogP contribution >= 0.6 is 0 Å². The van der Waals surface area contributed by atoms with Crippen LogP contribution in [-0.2, 0) is 11.4 Å². The highest BCUT2D eigenvalue weighted by Crippen LogP contribution is 2.23. The minimum absolute atomic E-state index is 0.0210. The number of nitrogens with zero attached hydrogens (tertiary/aromatic N) is 2. The molecular formula is C21H24N2O3. The second-order valence-electron chi connectivity index (χ2n) is 6.69. The molecule has 5 heteroatoms. The molecule has 1 heterocycles. The minimum Gasteiger partial charge on any atom is -0.489 e. The number of likely N-dealkylation sites (N-methyl/N-ethyl adjacent to an activating group) is 1. The van der Waals surface area contributed by atoms with Gasteiger partial charge in [0.05, 0.1) is 0 Å². The lowest BCUT2D eigenvalue weighted by Gasteiger charge is -2.26. The van der Waals surface area contributed by atoms with Crippen molar-refractivity contribution in [2.75, 3.05) is 20.6 Å². The molecule has 1 aliphatic heterocycles. The first-order valence-corrected chi connectivity index (χ1v) is 8.85. The summed E-state index contributed by atoms with van der Waals surface area (Å²) >= 11 is 0. The van der Waals surface area contributed by atoms with E-state index in [2.05, 4.69) is 0 Å². The van der Waals surface area contributed by atoms with Gasteiger partial charge in [0, 0.05) is 26.2 Å². The lowest BCUT2D eigenvalue weighted by molar-refractivity contribution is -0.132. The average Bonchev–Trinajstić information content (AvgIpc) is 3.15. The molecule has 1 fully saturated rings. The number of carbonyl (C=O) groups excluding carboxylic acids is 2. The van der Waals surface area contributed by atoms with Gasteiger partial charge in [0.1, 0.15) is 18.4 Å². The maximum atomic E-state index is 12.9. The fourth-order valence-electron chi connectivity index (χ4n) is 3.19. The van der Waals surface area contributed by atoms with Crippen LogP contribution in [0.2, 0.25) is 0 Å². The fraction of sp³-hybridized carbons (Fsp3) is 0.333. The summed E-state index contributed by atoms with van der Waals surface area (Å²) in [5, 5.41) is 0. The molecule has 3 rings (SSSR count). The Kier molecular flexibility index (Phi) is 5.56. The minimum atomic E-state index is -0.369. The largest absolute Gasteiger partial charge is 0.489 e. The lowest BCUT2D eigenvalue weighted by atomic mass is 10.1. The van der Waals surface area contributed by atoms with Crippen molar-refractivity contribution in [2.24, 2.45) is 0 Å². The van der Waals surface area contributed by atoms with Crippen LogP contribution in [0, 0.1) is 0 Å². The first-order valence-electron chi connectivity index (χ1n) is 8.85. The summed E-state index contributed by atoms with van der Waals surface area (Å²) in [4.78, 5) is 28.5. The Balaban J connectivity index is 1.70. The Labute approximate surface area is 154 Å². The van der Waals surface area contributed by atoms with Crippen LogP contribution in [0.15, 0.2) is 54.6 Å². The van der Waals surface area contributed by atoms with E-state index in [0.29, 0.717) is 30.9 Å². The van der Waals surface area contributed by atoms with Crippen molar-refractivity contribution in [1.82, 2.24) is 9.80 Å². The molecule has 0 N–H and O–H groups in total. The molecule has 26 heavy (non-hydrogen) atoms. The molecule has 5 nitrogen and oxygen atoms in total. The summed E-state index contributed by atoms with van der Waals surface area (Å²) in [5.74, 6) is 0.509. The Morgan fingerprint density at radius 2 is 1.88 bits per heavy atom. The molecule has 2 aromatic rings. The standard InChI is InChI=1S/C21H24N2O3/c1-22(2)21(25)19-12-7-13-23(19)20(24)17-10-6-11-18(14-17)26-15-16-8-4-3-5-9-16/h3-6,8-11,14,19H,7,12-13,15H2,1-2H3. The van der Waals surface area contributed by atoms with E-state index in [1.807, 2.05) is 42.5 Å². The SMILES string of the molecule is CN(C)C(=O)C1CCCN1C(=O)c1cccc(OCc2ccccc2)c1. The third-order valence-electron chi connectivity index (χ3n) is 4.57. The summed E-state index contributed by atoms with van der Waals surface area (Å²) in [6, 6.07) is 16.7. The van der Waals surface area contributed by atoms with Crippen molar-refractivity contribution >= 4 is 11.8 Å². The van der Waals surface area contributed by atoms with Gasteiger partial charge in [0.25, 0.3) is 5.91 Å². The van der Waals surface area contributed by atoms with E-state index >= 15 is 0 Å². The molecule has 0 aromatic heterocycles. The number of benzene rings is 2. The average molecular weight is 352 g/mol. The van der Waals surface area contributed by atoms with E-state index < -0.39 is 0 Å². The maximum absolute atomic E-state index is 12.9. The molecule has 0 radical (unpaired) electrons. The monoisotopic (exact) mass is 352 g/mol. The van der Waals surface area contributed by atoms with Gasteiger partial charge in [-0.1, -0.05) is 36.4 Å². The smallest absolute Gasteiger partial charge is 0.254 e. The predicted octanol–water partition coefficient (Wildman–Crippen LogP) is 2.96. The van der Waals surface area contributed by atoms with Crippen LogP contribution in [0.3, 0.4) is 0 Å². The summed E-state index contributed by atoms with van der Waals surface area (Å²) in [6.07, 6.45) is 1.56. The zero-order valence-corrected chi connectivity index (χ0v) is 15.2. The zero-order valence-electron chi connectivity index (χ0n) is 15.2. The van der Waals surface area contributed by atoms with Crippen molar-refractivity contribution in [3.63, 3.8) is 0 Å². The van der Waals surface area contributed by atoms with E-state index in [-0.39, 0.29) is 17.9 Å². The topological polar surface area (TPSA) is 49.9 Å². The van der Waals surface area contributed by atoms with Gasteiger partial charge in [0.15, 0.2) is 0 Å². The molecule has 1 saturated heterocycles. The normalized spacial score (nSPS) is 16.4. The molecule has 0 spiro atoms. The van der Waals surface area contributed by atoms with E-state index in [9.17, 15) is 9.59 Å². The van der Waals surface area contributed by atoms with Gasteiger partial charge < -0.3 is 14.5 Å². The molecule has 2 aromatic carbocycles. The van der Waals surface area contributed by atoms with Crippen molar-refractivity contribution < 1.29 is 14.3 Å². The highest BCUT2D eigenvalue weighted by atomic mass is 16.5. The fourth-order valence-corrected chi connectivity index (χ4v) is 3.19. The molecule has 1 aliphatic rings. The predicted molar refractivity (Wildman–Crippen MR) is 100.0 cm³/mol. The van der Waals surface area contributed by atoms with Crippen molar-refractivity contribution in [1.29, 1.82) is 0 Å². The van der Waals surface area contributed by atoms with Gasteiger partial charge in [-0.15, -0.1) is 0 Å². The van der Waals surface area contributed by atoms with Gasteiger partial charge in [0.2, 0.25) is 5.91 Å². The summed E-state index contributed by atoms with van der Waals surface area (Å²) < 4.78 is 5.81. The molecule has 136 valence electrons. The van der Waals surface area contributed by atoms with Gasteiger partial charge in [-0.2, -0.15) is 0 Å². The summed E-state index contributed by atoms with van der Waals surface area (Å²) in [6.45, 7) is 1.06. The van der Waals surface area contributed by atoms with Crippen molar-refractivity contribution in [2.45, 2.75) is 25.5 Å². The van der Waals surface area contributed by atoms with Crippen LogP contribution in [0.25, 0.3) is 0 Å². The molecule has 1 atom stereocenters. The van der Waals surface area contributed by atoms with Crippen LogP contribution in [0.5, 0.6) is 5.75 Å². The molecule has 2 amide bonds. The van der Waals surface area contributed by atoms with Crippen LogP contribution in [-0.4, -0.2) is 48.3 Å². The molecule has 0 saturated carbocycles. The Bertz CT molecular complexity index is 774. The molecule has 0 bridgehead atoms. The van der Waals surface area contributed by atoms with Crippen LogP contribution in [0.1, 0.15) is 28.8 Å². The molecule has 1 unspecified atom stereocenters. The van der Waals surface area contributed by atoms with E-state index in [4.69, 9.17) is 4.74 Å². The number of ether oxygens (including phenoxy) is 1. The maximum Gasteiger partial charge on any atom is 0.254 e. The van der Waals surface area contributed by atoms with Crippen molar-refractivity contribution in [3.05, 3.63) is 65.7 Å². The second kappa shape index (κ2) is 8.04. The zero-order chi connectivity index (χ0) is 18.5. The highest BCUT2D eigenvalue weighted by molar-refractivity contribution is 5.98. The number of rotatable bonds is 5. The van der Waals surface area contributed by atoms with E-state index in [0.717, 1.165) is 12.0 Å². The van der Waals surface area contributed by atoms with Crippen LogP contribution < -0.4 is 4.74 Å². The van der Waals surface area contributed by atoms with Crippen molar-refractivity contribution in [3.8, 4) is 5.75 Å². The number of carbonyl (C=O) groups is 2. The summed E-state index contributed by atoms with van der Waals surface area (Å²) in [5.41, 5.74) is 1.62. The quantitative estimate of drug-likeness (QED) is 0.831. The number of hydrogen-bond donors (Lipinski definition) is 0. The summed E-state index contributed by atoms with van der Waals surface area (Å²) in [7, 11) is 3.45. The van der Waals surface area contributed by atoms with Crippen LogP contribution in [0.4, 0.5) is 0 Å². The Hall–Kier alpha value is -2.82. The Morgan fingerprint density at radius 3 is 2.62 bits per heavy atom. The van der Waals surface area contributed by atoms with Gasteiger partial charge >= 0.3 is 0 Å². The molecule has 0 aliphatic carbocycles.